The van der Waals surface area contributed by atoms with Crippen molar-refractivity contribution >= 4 is 41.5 Å². The van der Waals surface area contributed by atoms with E-state index in [4.69, 9.17) is 14.5 Å². The molecule has 1 saturated heterocycles. The number of fused-ring (bicyclic) bond motifs is 1. The molecule has 0 aromatic carbocycles. The molecule has 3 heterocycles. The molecule has 1 unspecified atom stereocenters. The summed E-state index contributed by atoms with van der Waals surface area (Å²) >= 11 is 3.53. The molecule has 2 aliphatic heterocycles. The zero-order valence-corrected chi connectivity index (χ0v) is 21.4. The lowest BCUT2D eigenvalue weighted by Gasteiger charge is -2.24. The molecule has 0 N–H and O–H groups in total. The topological polar surface area (TPSA) is 64.0 Å². The van der Waals surface area contributed by atoms with Crippen LogP contribution in [0.1, 0.15) is 26.5 Å². The molecule has 0 bridgehead atoms. The SMILES string of the molecule is CC(C)(C)OC(=O)N1CC2=NC(c3cc(Br)ccn3)=C(COCC[Si](C)(C)C)C2C1. The molecule has 0 aliphatic carbocycles. The van der Waals surface area contributed by atoms with Crippen LogP contribution in [0.4, 0.5) is 4.79 Å². The van der Waals surface area contributed by atoms with Gasteiger partial charge in [0.05, 0.1) is 24.5 Å². The summed E-state index contributed by atoms with van der Waals surface area (Å²) in [6.45, 7) is 15.0. The number of aromatic nitrogens is 1. The van der Waals surface area contributed by atoms with Crippen LogP contribution in [0.3, 0.4) is 0 Å². The van der Waals surface area contributed by atoms with E-state index in [0.29, 0.717) is 19.7 Å². The number of rotatable bonds is 6. The van der Waals surface area contributed by atoms with Crippen molar-refractivity contribution in [2.45, 2.75) is 52.1 Å². The number of hydrogen-bond acceptors (Lipinski definition) is 5. The predicted octanol–water partition coefficient (Wildman–Crippen LogP) is 5.23. The molecule has 6 nitrogen and oxygen atoms in total. The van der Waals surface area contributed by atoms with Gasteiger partial charge in [-0.15, -0.1) is 0 Å². The quantitative estimate of drug-likeness (QED) is 0.401. The van der Waals surface area contributed by atoms with Crippen molar-refractivity contribution in [1.29, 1.82) is 0 Å². The second-order valence-electron chi connectivity index (χ2n) is 10.1. The van der Waals surface area contributed by atoms with Gasteiger partial charge >= 0.3 is 6.09 Å². The average Bonchev–Trinajstić information content (AvgIpc) is 3.15. The number of amides is 1. The van der Waals surface area contributed by atoms with Crippen LogP contribution < -0.4 is 0 Å². The molecule has 3 rings (SSSR count). The number of hydrogen-bond donors (Lipinski definition) is 0. The van der Waals surface area contributed by atoms with E-state index in [1.165, 1.54) is 0 Å². The monoisotopic (exact) mass is 493 g/mol. The third kappa shape index (κ3) is 6.01. The van der Waals surface area contributed by atoms with Gasteiger partial charge in [0.2, 0.25) is 0 Å². The van der Waals surface area contributed by atoms with Crippen molar-refractivity contribution in [3.05, 3.63) is 34.1 Å². The predicted molar refractivity (Wildman–Crippen MR) is 127 cm³/mol. The van der Waals surface area contributed by atoms with Gasteiger partial charge in [0.15, 0.2) is 0 Å². The Morgan fingerprint density at radius 2 is 2.07 bits per heavy atom. The third-order valence-electron chi connectivity index (χ3n) is 5.01. The van der Waals surface area contributed by atoms with Gasteiger partial charge in [0.25, 0.3) is 0 Å². The van der Waals surface area contributed by atoms with Gasteiger partial charge < -0.3 is 14.4 Å². The van der Waals surface area contributed by atoms with Crippen LogP contribution in [-0.4, -0.2) is 61.7 Å². The first kappa shape index (κ1) is 23.2. The van der Waals surface area contributed by atoms with Gasteiger partial charge in [-0.05, 0) is 44.5 Å². The summed E-state index contributed by atoms with van der Waals surface area (Å²) < 4.78 is 12.6. The Labute approximate surface area is 188 Å². The summed E-state index contributed by atoms with van der Waals surface area (Å²) in [6, 6.07) is 5.00. The largest absolute Gasteiger partial charge is 0.444 e. The molecule has 0 radical (unpaired) electrons. The molecule has 1 fully saturated rings. The Balaban J connectivity index is 1.78. The second-order valence-corrected chi connectivity index (χ2v) is 16.6. The molecule has 8 heteroatoms. The minimum atomic E-state index is -1.16. The summed E-state index contributed by atoms with van der Waals surface area (Å²) in [5.41, 5.74) is 3.30. The van der Waals surface area contributed by atoms with Crippen LogP contribution in [-0.2, 0) is 9.47 Å². The molecule has 2 aliphatic rings. The number of aliphatic imine (C=N–C) groups is 1. The summed E-state index contributed by atoms with van der Waals surface area (Å²) in [7, 11) is -1.16. The van der Waals surface area contributed by atoms with E-state index in [-0.39, 0.29) is 12.0 Å². The van der Waals surface area contributed by atoms with E-state index in [2.05, 4.69) is 40.6 Å². The normalized spacial score (nSPS) is 19.2. The van der Waals surface area contributed by atoms with Crippen LogP contribution in [0, 0.1) is 5.92 Å². The number of pyridine rings is 1. The highest BCUT2D eigenvalue weighted by Gasteiger charge is 2.41. The molecule has 30 heavy (non-hydrogen) atoms. The van der Waals surface area contributed by atoms with Crippen LogP contribution in [0.25, 0.3) is 5.70 Å². The highest BCUT2D eigenvalue weighted by atomic mass is 79.9. The van der Waals surface area contributed by atoms with E-state index in [1.807, 2.05) is 32.9 Å². The van der Waals surface area contributed by atoms with Gasteiger partial charge in [0.1, 0.15) is 5.60 Å². The van der Waals surface area contributed by atoms with Crippen molar-refractivity contribution in [1.82, 2.24) is 9.88 Å². The highest BCUT2D eigenvalue weighted by molar-refractivity contribution is 9.10. The average molecular weight is 495 g/mol. The molecule has 1 atom stereocenters. The van der Waals surface area contributed by atoms with E-state index in [0.717, 1.165) is 39.8 Å². The summed E-state index contributed by atoms with van der Waals surface area (Å²) in [5, 5.41) is 0. The fourth-order valence-corrected chi connectivity index (χ4v) is 4.54. The van der Waals surface area contributed by atoms with E-state index in [1.54, 1.807) is 11.1 Å². The Morgan fingerprint density at radius 3 is 2.70 bits per heavy atom. The highest BCUT2D eigenvalue weighted by Crippen LogP contribution is 2.37. The number of halogens is 1. The fourth-order valence-electron chi connectivity index (χ4n) is 3.45. The Hall–Kier alpha value is -1.51. The number of ether oxygens (including phenoxy) is 2. The maximum Gasteiger partial charge on any atom is 0.410 e. The van der Waals surface area contributed by atoms with Gasteiger partial charge in [-0.2, -0.15) is 0 Å². The lowest BCUT2D eigenvalue weighted by Crippen LogP contribution is -2.36. The first-order valence-electron chi connectivity index (χ1n) is 10.4. The van der Waals surface area contributed by atoms with Crippen molar-refractivity contribution in [3.8, 4) is 0 Å². The summed E-state index contributed by atoms with van der Waals surface area (Å²) in [5.74, 6) is 0.0696. The number of likely N-dealkylation sites (tertiary alicyclic amines) is 1. The number of nitrogens with zero attached hydrogens (tertiary/aromatic N) is 3. The number of carbonyl (C=O) groups is 1. The van der Waals surface area contributed by atoms with Crippen LogP contribution in [0.5, 0.6) is 0 Å². The van der Waals surface area contributed by atoms with Crippen LogP contribution >= 0.6 is 15.9 Å². The molecular formula is C22H32BrN3O3Si. The molecular weight excluding hydrogens is 462 g/mol. The first-order valence-corrected chi connectivity index (χ1v) is 14.9. The third-order valence-corrected chi connectivity index (χ3v) is 7.21. The Kier molecular flexibility index (Phi) is 6.89. The minimum absolute atomic E-state index is 0.0696. The maximum absolute atomic E-state index is 12.6. The lowest BCUT2D eigenvalue weighted by atomic mass is 9.97. The summed E-state index contributed by atoms with van der Waals surface area (Å²) in [4.78, 5) is 23.7. The van der Waals surface area contributed by atoms with E-state index < -0.39 is 13.7 Å². The van der Waals surface area contributed by atoms with E-state index in [9.17, 15) is 4.79 Å². The van der Waals surface area contributed by atoms with Gasteiger partial charge in [-0.1, -0.05) is 35.6 Å². The molecule has 1 amide bonds. The number of carbonyl (C=O) groups excluding carboxylic acids is 1. The second kappa shape index (κ2) is 8.92. The standard InChI is InChI=1S/C22H32BrN3O3Si/c1-22(2,3)29-21(27)26-12-16-17(14-28-9-10-30(4,5)6)20(25-19(16)13-26)18-11-15(23)7-8-24-18/h7-8,11,16H,9-10,12-14H2,1-6H3. The fraction of sp³-hybridized carbons (Fsp3) is 0.591. The zero-order chi connectivity index (χ0) is 22.1. The first-order chi connectivity index (χ1) is 13.9. The Bertz CT molecular complexity index is 871. The van der Waals surface area contributed by atoms with Crippen molar-refractivity contribution < 1.29 is 14.3 Å². The van der Waals surface area contributed by atoms with E-state index >= 15 is 0 Å². The minimum Gasteiger partial charge on any atom is -0.444 e. The summed E-state index contributed by atoms with van der Waals surface area (Å²) in [6.07, 6.45) is 1.48. The van der Waals surface area contributed by atoms with Crippen LogP contribution in [0.2, 0.25) is 25.7 Å². The molecule has 164 valence electrons. The van der Waals surface area contributed by atoms with Crippen molar-refractivity contribution in [3.63, 3.8) is 0 Å². The van der Waals surface area contributed by atoms with Crippen molar-refractivity contribution in [2.24, 2.45) is 10.9 Å². The zero-order valence-electron chi connectivity index (χ0n) is 18.8. The molecule has 0 spiro atoms. The lowest BCUT2D eigenvalue weighted by molar-refractivity contribution is 0.0293. The van der Waals surface area contributed by atoms with Gasteiger partial charge in [0, 0.05) is 43.5 Å². The van der Waals surface area contributed by atoms with Gasteiger partial charge in [-0.25, -0.2) is 4.79 Å². The maximum atomic E-state index is 12.6. The van der Waals surface area contributed by atoms with Gasteiger partial charge in [-0.3, -0.25) is 9.98 Å². The van der Waals surface area contributed by atoms with Crippen LogP contribution in [0.15, 0.2) is 33.4 Å². The molecule has 1 aromatic heterocycles. The van der Waals surface area contributed by atoms with Crippen molar-refractivity contribution in [2.75, 3.05) is 26.3 Å². The Morgan fingerprint density at radius 1 is 1.33 bits per heavy atom. The molecule has 1 aromatic rings. The smallest absolute Gasteiger partial charge is 0.410 e. The molecule has 0 saturated carbocycles.